The summed E-state index contributed by atoms with van der Waals surface area (Å²) in [5, 5.41) is 0.730. The quantitative estimate of drug-likeness (QED) is 0.541. The molecule has 1 heterocycles. The number of aliphatic imine (C=N–C) groups is 1. The van der Waals surface area contributed by atoms with E-state index in [9.17, 15) is 9.59 Å². The van der Waals surface area contributed by atoms with Crippen LogP contribution in [0.2, 0.25) is 10.0 Å². The molecule has 0 N–H and O–H groups in total. The number of ether oxygens (including phenoxy) is 1. The minimum Gasteiger partial charge on any atom is -0.461 e. The fourth-order valence-corrected chi connectivity index (χ4v) is 4.06. The lowest BCUT2D eigenvalue weighted by atomic mass is 9.71. The van der Waals surface area contributed by atoms with Crippen LogP contribution in [0.15, 0.2) is 47.1 Å². The van der Waals surface area contributed by atoms with Gasteiger partial charge in [0, 0.05) is 29.3 Å². The van der Waals surface area contributed by atoms with Crippen molar-refractivity contribution in [2.75, 3.05) is 6.61 Å². The number of ketones is 1. The van der Waals surface area contributed by atoms with Gasteiger partial charge in [0.05, 0.1) is 10.0 Å². The maximum Gasteiger partial charge on any atom is 0.315 e. The first kappa shape index (κ1) is 18.9. The molecule has 1 aliphatic carbocycles. The average Bonchev–Trinajstić information content (AvgIpc) is 2.61. The van der Waals surface area contributed by atoms with Gasteiger partial charge < -0.3 is 4.74 Å². The number of carbonyl (C=O) groups excluding carboxylic acids is 2. The Morgan fingerprint density at radius 1 is 1.38 bits per heavy atom. The predicted molar refractivity (Wildman–Crippen MR) is 103 cm³/mol. The molecule has 0 saturated heterocycles. The fourth-order valence-electron chi connectivity index (χ4n) is 3.64. The van der Waals surface area contributed by atoms with Crippen LogP contribution in [-0.2, 0) is 14.3 Å². The van der Waals surface area contributed by atoms with Crippen LogP contribution in [0.25, 0.3) is 0 Å². The van der Waals surface area contributed by atoms with Gasteiger partial charge in [0.25, 0.3) is 0 Å². The van der Waals surface area contributed by atoms with Gasteiger partial charge in [-0.25, -0.2) is 0 Å². The molecule has 0 saturated carbocycles. The first-order valence-electron chi connectivity index (χ1n) is 8.48. The normalized spacial score (nSPS) is 22.6. The Balaban J connectivity index is 2.17. The van der Waals surface area contributed by atoms with Crippen LogP contribution in [-0.4, -0.2) is 24.1 Å². The van der Waals surface area contributed by atoms with Gasteiger partial charge in [-0.1, -0.05) is 48.0 Å². The van der Waals surface area contributed by atoms with Crippen LogP contribution < -0.4 is 0 Å². The van der Waals surface area contributed by atoms with Crippen molar-refractivity contribution < 1.29 is 14.3 Å². The van der Waals surface area contributed by atoms with E-state index in [4.69, 9.17) is 27.9 Å². The maximum absolute atomic E-state index is 12.8. The van der Waals surface area contributed by atoms with E-state index in [2.05, 4.69) is 11.6 Å². The molecule has 1 aliphatic heterocycles. The number of hydrogen-bond donors (Lipinski definition) is 0. The second kappa shape index (κ2) is 7.77. The number of halogens is 2. The number of hydrogen-bond acceptors (Lipinski definition) is 4. The van der Waals surface area contributed by atoms with Gasteiger partial charge in [-0.2, -0.15) is 0 Å². The van der Waals surface area contributed by atoms with Crippen molar-refractivity contribution in [1.29, 1.82) is 0 Å². The molecule has 0 aromatic heterocycles. The molecule has 1 aromatic carbocycles. The fraction of sp³-hybridized carbons (Fsp3) is 0.350. The van der Waals surface area contributed by atoms with Gasteiger partial charge in [-0.3, -0.25) is 14.6 Å². The number of Topliss-reactive ketones (excluding diaryl/α,β-unsaturated/α-hetero) is 1. The third-order valence-electron chi connectivity index (χ3n) is 4.75. The van der Waals surface area contributed by atoms with Crippen molar-refractivity contribution in [3.05, 3.63) is 57.7 Å². The van der Waals surface area contributed by atoms with Crippen molar-refractivity contribution in [3.63, 3.8) is 0 Å². The summed E-state index contributed by atoms with van der Waals surface area (Å²) in [7, 11) is 0. The van der Waals surface area contributed by atoms with Crippen LogP contribution in [0.3, 0.4) is 0 Å². The Hall–Kier alpha value is -1.91. The summed E-state index contributed by atoms with van der Waals surface area (Å²) in [6, 6.07) is 5.25. The number of allylic oxidation sites excluding steroid dienone is 2. The predicted octanol–water partition coefficient (Wildman–Crippen LogP) is 4.90. The van der Waals surface area contributed by atoms with E-state index in [0.29, 0.717) is 39.7 Å². The lowest BCUT2D eigenvalue weighted by molar-refractivity contribution is -0.145. The van der Waals surface area contributed by atoms with Crippen molar-refractivity contribution in [1.82, 2.24) is 0 Å². The van der Waals surface area contributed by atoms with Crippen molar-refractivity contribution in [3.8, 4) is 0 Å². The molecule has 1 unspecified atom stereocenters. The standard InChI is InChI=1S/C20H19Cl2NO3/c1-3-10-26-20(25)16-11(2)23-14-8-5-9-15(24)18(14)17(16)12-6-4-7-13(21)19(12)22/h3-4,6-7,16-17H,1,5,8-10H2,2H3/t16?,17-/m0/s1. The summed E-state index contributed by atoms with van der Waals surface area (Å²) in [4.78, 5) is 30.1. The maximum atomic E-state index is 12.8. The monoisotopic (exact) mass is 391 g/mol. The summed E-state index contributed by atoms with van der Waals surface area (Å²) in [5.74, 6) is -1.70. The van der Waals surface area contributed by atoms with Crippen molar-refractivity contribution >= 4 is 40.7 Å². The van der Waals surface area contributed by atoms with Crippen LogP contribution in [0.4, 0.5) is 0 Å². The molecule has 1 aromatic rings. The average molecular weight is 392 g/mol. The molecule has 0 radical (unpaired) electrons. The van der Waals surface area contributed by atoms with E-state index >= 15 is 0 Å². The lowest BCUT2D eigenvalue weighted by Gasteiger charge is -2.34. The largest absolute Gasteiger partial charge is 0.461 e. The second-order valence-electron chi connectivity index (χ2n) is 6.41. The van der Waals surface area contributed by atoms with Gasteiger partial charge in [-0.05, 0) is 31.4 Å². The number of carbonyl (C=O) groups is 2. The first-order valence-corrected chi connectivity index (χ1v) is 9.24. The van der Waals surface area contributed by atoms with Gasteiger partial charge in [0.15, 0.2) is 5.78 Å². The SMILES string of the molecule is C=CCOC(=O)C1C(C)=NC2=C(C(=O)CCC2)[C@H]1c1cccc(Cl)c1Cl. The smallest absolute Gasteiger partial charge is 0.315 e. The van der Waals surface area contributed by atoms with E-state index in [0.717, 1.165) is 12.1 Å². The van der Waals surface area contributed by atoms with Crippen molar-refractivity contribution in [2.24, 2.45) is 10.9 Å². The topological polar surface area (TPSA) is 55.7 Å². The molecule has 0 spiro atoms. The summed E-state index contributed by atoms with van der Waals surface area (Å²) in [6.45, 7) is 5.45. The first-order chi connectivity index (χ1) is 12.5. The molecular formula is C20H19Cl2NO3. The van der Waals surface area contributed by atoms with E-state index in [1.54, 1.807) is 25.1 Å². The highest BCUT2D eigenvalue weighted by Crippen LogP contribution is 2.46. The molecule has 2 aliphatic rings. The van der Waals surface area contributed by atoms with Crippen LogP contribution >= 0.6 is 23.2 Å². The van der Waals surface area contributed by atoms with E-state index in [-0.39, 0.29) is 12.4 Å². The molecule has 0 bridgehead atoms. The Bertz CT molecular complexity index is 841. The number of esters is 1. The highest BCUT2D eigenvalue weighted by atomic mass is 35.5. The van der Waals surface area contributed by atoms with E-state index in [1.807, 2.05) is 0 Å². The van der Waals surface area contributed by atoms with Gasteiger partial charge in [0.1, 0.15) is 12.5 Å². The van der Waals surface area contributed by atoms with Crippen LogP contribution in [0.1, 0.15) is 37.7 Å². The molecule has 3 rings (SSSR count). The zero-order valence-electron chi connectivity index (χ0n) is 14.4. The van der Waals surface area contributed by atoms with E-state index < -0.39 is 17.8 Å². The summed E-state index contributed by atoms with van der Waals surface area (Å²) >= 11 is 12.7. The summed E-state index contributed by atoms with van der Waals surface area (Å²) in [6.07, 6.45) is 3.42. The molecule has 4 nitrogen and oxygen atoms in total. The Morgan fingerprint density at radius 2 is 2.15 bits per heavy atom. The number of rotatable bonds is 4. The van der Waals surface area contributed by atoms with Gasteiger partial charge in [-0.15, -0.1) is 0 Å². The highest BCUT2D eigenvalue weighted by Gasteiger charge is 2.43. The lowest BCUT2D eigenvalue weighted by Crippen LogP contribution is -2.37. The summed E-state index contributed by atoms with van der Waals surface area (Å²) in [5.41, 5.74) is 2.57. The summed E-state index contributed by atoms with van der Waals surface area (Å²) < 4.78 is 5.29. The van der Waals surface area contributed by atoms with E-state index in [1.165, 1.54) is 6.08 Å². The number of nitrogens with zero attached hydrogens (tertiary/aromatic N) is 1. The van der Waals surface area contributed by atoms with Crippen LogP contribution in [0, 0.1) is 5.92 Å². The third kappa shape index (κ3) is 3.36. The minimum atomic E-state index is -0.716. The molecule has 26 heavy (non-hydrogen) atoms. The van der Waals surface area contributed by atoms with Gasteiger partial charge in [0.2, 0.25) is 0 Å². The Morgan fingerprint density at radius 3 is 2.88 bits per heavy atom. The molecule has 0 amide bonds. The molecule has 0 fully saturated rings. The zero-order valence-corrected chi connectivity index (χ0v) is 15.9. The zero-order chi connectivity index (χ0) is 18.8. The van der Waals surface area contributed by atoms with Crippen LogP contribution in [0.5, 0.6) is 0 Å². The molecule has 136 valence electrons. The molecular weight excluding hydrogens is 373 g/mol. The Kier molecular flexibility index (Phi) is 5.64. The second-order valence-corrected chi connectivity index (χ2v) is 7.19. The minimum absolute atomic E-state index is 0.00469. The third-order valence-corrected chi connectivity index (χ3v) is 5.58. The Labute approximate surface area is 162 Å². The van der Waals surface area contributed by atoms with Gasteiger partial charge >= 0.3 is 5.97 Å². The molecule has 6 heteroatoms. The molecule has 2 atom stereocenters. The highest BCUT2D eigenvalue weighted by molar-refractivity contribution is 6.42. The van der Waals surface area contributed by atoms with Crippen molar-refractivity contribution in [2.45, 2.75) is 32.1 Å². The number of benzene rings is 1.